The first kappa shape index (κ1) is 21.8. The number of carbonyl (C=O) groups is 1. The zero-order valence-electron chi connectivity index (χ0n) is 17.1. The molecule has 0 aliphatic heterocycles. The Morgan fingerprint density at radius 2 is 1.80 bits per heavy atom. The van der Waals surface area contributed by atoms with E-state index in [0.29, 0.717) is 29.5 Å². The Hall–Kier alpha value is -2.92. The highest BCUT2D eigenvalue weighted by atomic mass is 35.5. The maximum absolute atomic E-state index is 12.9. The molecule has 0 bridgehead atoms. The lowest BCUT2D eigenvalue weighted by Crippen LogP contribution is -2.34. The molecule has 0 fully saturated rings. The summed E-state index contributed by atoms with van der Waals surface area (Å²) < 4.78 is 1.48. The molecule has 1 amide bonds. The molecule has 0 spiro atoms. The second-order valence-corrected chi connectivity index (χ2v) is 7.64. The van der Waals surface area contributed by atoms with Gasteiger partial charge in [0.25, 0.3) is 5.56 Å². The van der Waals surface area contributed by atoms with Gasteiger partial charge in [-0.3, -0.25) is 14.2 Å². The van der Waals surface area contributed by atoms with Crippen LogP contribution in [0.2, 0.25) is 5.02 Å². The van der Waals surface area contributed by atoms with Gasteiger partial charge in [-0.05, 0) is 24.1 Å². The number of hydrogen-bond donors (Lipinski definition) is 1. The Kier molecular flexibility index (Phi) is 7.80. The normalized spacial score (nSPS) is 10.7. The van der Waals surface area contributed by atoms with E-state index in [0.717, 1.165) is 30.4 Å². The van der Waals surface area contributed by atoms with Crippen molar-refractivity contribution in [3.63, 3.8) is 0 Å². The predicted octanol–water partition coefficient (Wildman–Crippen LogP) is 4.61. The Balaban J connectivity index is 1.81. The van der Waals surface area contributed by atoms with Crippen molar-refractivity contribution in [1.82, 2.24) is 14.9 Å². The minimum atomic E-state index is -0.226. The molecule has 156 valence electrons. The van der Waals surface area contributed by atoms with E-state index in [1.54, 1.807) is 12.1 Å². The van der Waals surface area contributed by atoms with Crippen molar-refractivity contribution in [1.29, 1.82) is 0 Å². The third kappa shape index (κ3) is 6.04. The fourth-order valence-electron chi connectivity index (χ4n) is 3.21. The number of nitrogens with one attached hydrogen (secondary N) is 1. The predicted molar refractivity (Wildman–Crippen MR) is 120 cm³/mol. The molecule has 0 atom stereocenters. The Morgan fingerprint density at radius 1 is 1.07 bits per heavy atom. The maximum Gasteiger partial charge on any atom is 0.254 e. The number of halogens is 1. The molecule has 3 rings (SSSR count). The monoisotopic (exact) mass is 423 g/mol. The number of carbonyl (C=O) groups excluding carboxylic acids is 1. The second-order valence-electron chi connectivity index (χ2n) is 7.21. The lowest BCUT2D eigenvalue weighted by atomic mass is 10.1. The summed E-state index contributed by atoms with van der Waals surface area (Å²) in [6, 6.07) is 18.4. The van der Waals surface area contributed by atoms with Gasteiger partial charge in [-0.25, -0.2) is 4.98 Å². The quantitative estimate of drug-likeness (QED) is 0.511. The highest BCUT2D eigenvalue weighted by Gasteiger charge is 2.13. The van der Waals surface area contributed by atoms with Gasteiger partial charge in [0.1, 0.15) is 12.4 Å². The molecule has 0 saturated carbocycles. The number of rotatable bonds is 9. The van der Waals surface area contributed by atoms with Gasteiger partial charge in [-0.1, -0.05) is 73.8 Å². The van der Waals surface area contributed by atoms with Crippen LogP contribution in [-0.4, -0.2) is 15.5 Å². The van der Waals surface area contributed by atoms with Crippen LogP contribution in [0.25, 0.3) is 11.3 Å². The van der Waals surface area contributed by atoms with Crippen LogP contribution in [0.1, 0.15) is 37.6 Å². The van der Waals surface area contributed by atoms with Crippen molar-refractivity contribution >= 4 is 17.5 Å². The first-order valence-electron chi connectivity index (χ1n) is 10.2. The van der Waals surface area contributed by atoms with Gasteiger partial charge in [0.05, 0.1) is 5.69 Å². The van der Waals surface area contributed by atoms with Gasteiger partial charge in [-0.15, -0.1) is 0 Å². The summed E-state index contributed by atoms with van der Waals surface area (Å²) in [5.41, 5.74) is 2.21. The van der Waals surface area contributed by atoms with Crippen molar-refractivity contribution < 1.29 is 4.79 Å². The van der Waals surface area contributed by atoms with Gasteiger partial charge >= 0.3 is 0 Å². The van der Waals surface area contributed by atoms with Crippen LogP contribution in [0.15, 0.2) is 65.5 Å². The van der Waals surface area contributed by atoms with E-state index >= 15 is 0 Å². The van der Waals surface area contributed by atoms with E-state index < -0.39 is 0 Å². The van der Waals surface area contributed by atoms with Gasteiger partial charge in [0.2, 0.25) is 5.91 Å². The molecule has 1 heterocycles. The molecular weight excluding hydrogens is 398 g/mol. The number of unbranched alkanes of at least 4 members (excludes halogenated alkanes) is 2. The van der Waals surface area contributed by atoms with Crippen molar-refractivity contribution in [2.24, 2.45) is 0 Å². The van der Waals surface area contributed by atoms with Crippen LogP contribution < -0.4 is 10.9 Å². The smallest absolute Gasteiger partial charge is 0.254 e. The van der Waals surface area contributed by atoms with Crippen LogP contribution in [0.4, 0.5) is 0 Å². The summed E-state index contributed by atoms with van der Waals surface area (Å²) in [5.74, 6) is 0.425. The van der Waals surface area contributed by atoms with E-state index in [2.05, 4.69) is 12.2 Å². The van der Waals surface area contributed by atoms with E-state index in [1.165, 1.54) is 10.6 Å². The van der Waals surface area contributed by atoms with Crippen LogP contribution in [0, 0.1) is 0 Å². The second kappa shape index (κ2) is 10.7. The summed E-state index contributed by atoms with van der Waals surface area (Å²) in [4.78, 5) is 30.1. The van der Waals surface area contributed by atoms with Gasteiger partial charge in [-0.2, -0.15) is 0 Å². The number of nitrogens with zero attached hydrogens (tertiary/aromatic N) is 2. The Bertz CT molecular complexity index is 1030. The van der Waals surface area contributed by atoms with Crippen LogP contribution >= 0.6 is 11.6 Å². The number of amides is 1. The average molecular weight is 424 g/mol. The highest BCUT2D eigenvalue weighted by Crippen LogP contribution is 2.19. The zero-order valence-corrected chi connectivity index (χ0v) is 17.9. The summed E-state index contributed by atoms with van der Waals surface area (Å²) in [6.45, 7) is 2.51. The van der Waals surface area contributed by atoms with E-state index in [9.17, 15) is 9.59 Å². The number of aromatic nitrogens is 2. The highest BCUT2D eigenvalue weighted by molar-refractivity contribution is 6.30. The summed E-state index contributed by atoms with van der Waals surface area (Å²) in [6.07, 6.45) is 3.68. The molecule has 2 aromatic carbocycles. The topological polar surface area (TPSA) is 64.0 Å². The molecular formula is C24H26ClN3O2. The molecule has 0 saturated heterocycles. The first-order valence-corrected chi connectivity index (χ1v) is 10.6. The molecule has 0 aliphatic carbocycles. The summed E-state index contributed by atoms with van der Waals surface area (Å²) in [7, 11) is 0. The van der Waals surface area contributed by atoms with E-state index in [4.69, 9.17) is 16.6 Å². The van der Waals surface area contributed by atoms with E-state index in [1.807, 2.05) is 42.5 Å². The van der Waals surface area contributed by atoms with Crippen LogP contribution in [0.3, 0.4) is 0 Å². The van der Waals surface area contributed by atoms with Gasteiger partial charge in [0, 0.05) is 29.6 Å². The molecule has 0 unspecified atom stereocenters. The van der Waals surface area contributed by atoms with Crippen LogP contribution in [-0.2, 0) is 24.3 Å². The van der Waals surface area contributed by atoms with Crippen molar-refractivity contribution in [3.05, 3.63) is 87.4 Å². The van der Waals surface area contributed by atoms with Crippen molar-refractivity contribution in [2.45, 2.75) is 45.7 Å². The molecule has 6 heteroatoms. The fourth-order valence-corrected chi connectivity index (χ4v) is 3.34. The van der Waals surface area contributed by atoms with Crippen LogP contribution in [0.5, 0.6) is 0 Å². The molecule has 1 N–H and O–H groups in total. The maximum atomic E-state index is 12.9. The lowest BCUT2D eigenvalue weighted by Gasteiger charge is -2.14. The number of hydrogen-bond acceptors (Lipinski definition) is 3. The molecule has 1 aromatic heterocycles. The Labute approximate surface area is 181 Å². The summed E-state index contributed by atoms with van der Waals surface area (Å²) >= 11 is 5.97. The third-order valence-corrected chi connectivity index (χ3v) is 5.12. The standard InChI is InChI=1S/C24H26ClN3O2/c1-2-3-5-10-22-27-21(19-11-13-20(25)14-12-19)15-24(30)28(22)17-23(29)26-16-18-8-6-4-7-9-18/h4,6-9,11-15H,2-3,5,10,16-17H2,1H3,(H,26,29). The largest absolute Gasteiger partial charge is 0.350 e. The average Bonchev–Trinajstić information content (AvgIpc) is 2.76. The minimum Gasteiger partial charge on any atom is -0.350 e. The molecule has 30 heavy (non-hydrogen) atoms. The summed E-state index contributed by atoms with van der Waals surface area (Å²) in [5, 5.41) is 3.51. The zero-order chi connectivity index (χ0) is 21.3. The molecule has 0 radical (unpaired) electrons. The fraction of sp³-hybridized carbons (Fsp3) is 0.292. The number of benzene rings is 2. The SMILES string of the molecule is CCCCCc1nc(-c2ccc(Cl)cc2)cc(=O)n1CC(=O)NCc1ccccc1. The molecule has 5 nitrogen and oxygen atoms in total. The van der Waals surface area contributed by atoms with Crippen molar-refractivity contribution in [2.75, 3.05) is 0 Å². The number of aryl methyl sites for hydroxylation is 1. The van der Waals surface area contributed by atoms with Gasteiger partial charge < -0.3 is 5.32 Å². The first-order chi connectivity index (χ1) is 14.6. The van der Waals surface area contributed by atoms with E-state index in [-0.39, 0.29) is 18.0 Å². The minimum absolute atomic E-state index is 0.0407. The molecule has 0 aliphatic rings. The lowest BCUT2D eigenvalue weighted by molar-refractivity contribution is -0.121. The third-order valence-electron chi connectivity index (χ3n) is 4.87. The molecule has 3 aromatic rings. The Morgan fingerprint density at radius 3 is 2.50 bits per heavy atom. The van der Waals surface area contributed by atoms with Gasteiger partial charge in [0.15, 0.2) is 0 Å². The van der Waals surface area contributed by atoms with Crippen molar-refractivity contribution in [3.8, 4) is 11.3 Å².